The predicted octanol–water partition coefficient (Wildman–Crippen LogP) is 6.19. The van der Waals surface area contributed by atoms with E-state index in [1.54, 1.807) is 0 Å². The Kier molecular flexibility index (Phi) is 4.62. The number of benzene rings is 1. The maximum Gasteiger partial charge on any atom is 0.0683 e. The van der Waals surface area contributed by atoms with Gasteiger partial charge in [-0.2, -0.15) is 0 Å². The van der Waals surface area contributed by atoms with Crippen LogP contribution in [0, 0.1) is 0 Å². The van der Waals surface area contributed by atoms with Gasteiger partial charge in [-0.1, -0.05) is 38.8 Å². The quantitative estimate of drug-likeness (QED) is 0.520. The number of fused-ring (bicyclic) bond motifs is 1. The molecule has 1 atom stereocenters. The van der Waals surface area contributed by atoms with E-state index in [1.807, 2.05) is 22.7 Å². The largest absolute Gasteiger partial charge is 0.306 e. The molecule has 1 unspecified atom stereocenters. The first-order valence-corrected chi connectivity index (χ1v) is 9.62. The van der Waals surface area contributed by atoms with Crippen molar-refractivity contribution in [1.29, 1.82) is 0 Å². The van der Waals surface area contributed by atoms with Gasteiger partial charge in [-0.15, -0.1) is 22.7 Å². The Balaban J connectivity index is 2.08. The van der Waals surface area contributed by atoms with Crippen LogP contribution in [0.25, 0.3) is 9.40 Å². The molecule has 0 saturated heterocycles. The van der Waals surface area contributed by atoms with Gasteiger partial charge < -0.3 is 5.32 Å². The molecule has 5 heteroatoms. The average Bonchev–Trinajstić information content (AvgIpc) is 3.00. The van der Waals surface area contributed by atoms with Crippen molar-refractivity contribution >= 4 is 63.9 Å². The second kappa shape index (κ2) is 6.28. The van der Waals surface area contributed by atoms with E-state index >= 15 is 0 Å². The van der Waals surface area contributed by atoms with E-state index in [0.29, 0.717) is 0 Å². The van der Waals surface area contributed by atoms with Crippen LogP contribution in [-0.4, -0.2) is 6.54 Å². The third-order valence-corrected chi connectivity index (χ3v) is 6.49. The zero-order valence-electron chi connectivity index (χ0n) is 10.8. The van der Waals surface area contributed by atoms with Crippen LogP contribution >= 0.6 is 54.5 Å². The van der Waals surface area contributed by atoms with Crippen LogP contribution < -0.4 is 5.32 Å². The third-order valence-electron chi connectivity index (χ3n) is 3.12. The molecule has 0 aliphatic carbocycles. The lowest BCUT2D eigenvalue weighted by molar-refractivity contribution is 0.637. The number of hydrogen-bond acceptors (Lipinski definition) is 3. The van der Waals surface area contributed by atoms with E-state index in [2.05, 4.69) is 79.8 Å². The van der Waals surface area contributed by atoms with Gasteiger partial charge in [-0.3, -0.25) is 0 Å². The van der Waals surface area contributed by atoms with Crippen LogP contribution in [0.3, 0.4) is 0 Å². The van der Waals surface area contributed by atoms with Gasteiger partial charge in [0, 0.05) is 23.2 Å². The minimum absolute atomic E-state index is 0.233. The molecule has 2 aromatic heterocycles. The standard InChI is InChI=1S/C15H13Br2NS2/c1-2-18-15(10-7-9(16)3-4-11(10)17)14-8-13-12(20-14)5-6-19-13/h3-8,15,18H,2H2,1H3. The minimum atomic E-state index is 0.233. The van der Waals surface area contributed by atoms with Crippen LogP contribution in [0.1, 0.15) is 23.4 Å². The van der Waals surface area contributed by atoms with Crippen LogP contribution in [0.15, 0.2) is 44.7 Å². The number of thiophene rings is 2. The molecule has 1 N–H and O–H groups in total. The molecular weight excluding hydrogens is 418 g/mol. The average molecular weight is 431 g/mol. The Bertz CT molecular complexity index is 704. The van der Waals surface area contributed by atoms with E-state index < -0.39 is 0 Å². The van der Waals surface area contributed by atoms with Crippen molar-refractivity contribution in [3.05, 3.63) is 55.1 Å². The Morgan fingerprint density at radius 3 is 2.75 bits per heavy atom. The Morgan fingerprint density at radius 1 is 1.15 bits per heavy atom. The summed E-state index contributed by atoms with van der Waals surface area (Å²) < 4.78 is 5.00. The molecule has 0 fully saturated rings. The first-order valence-electron chi connectivity index (χ1n) is 6.34. The SMILES string of the molecule is CCNC(c1cc2sccc2s1)c1cc(Br)ccc1Br. The van der Waals surface area contributed by atoms with Gasteiger partial charge in [0.2, 0.25) is 0 Å². The van der Waals surface area contributed by atoms with Gasteiger partial charge in [-0.05, 0) is 47.8 Å². The van der Waals surface area contributed by atoms with E-state index in [4.69, 9.17) is 0 Å². The summed E-state index contributed by atoms with van der Waals surface area (Å²) in [4.78, 5) is 1.37. The molecule has 3 rings (SSSR count). The summed E-state index contributed by atoms with van der Waals surface area (Å²) in [6.45, 7) is 3.09. The number of halogens is 2. The maximum absolute atomic E-state index is 3.68. The molecular formula is C15H13Br2NS2. The highest BCUT2D eigenvalue weighted by atomic mass is 79.9. The van der Waals surface area contributed by atoms with Crippen LogP contribution in [0.4, 0.5) is 0 Å². The molecule has 20 heavy (non-hydrogen) atoms. The maximum atomic E-state index is 3.68. The highest BCUT2D eigenvalue weighted by Gasteiger charge is 2.19. The fourth-order valence-electron chi connectivity index (χ4n) is 2.23. The normalized spacial score (nSPS) is 12.9. The number of nitrogens with one attached hydrogen (secondary N) is 1. The van der Waals surface area contributed by atoms with Gasteiger partial charge >= 0.3 is 0 Å². The lowest BCUT2D eigenvalue weighted by Crippen LogP contribution is -2.21. The highest BCUT2D eigenvalue weighted by Crippen LogP contribution is 2.38. The molecule has 0 spiro atoms. The minimum Gasteiger partial charge on any atom is -0.306 e. The van der Waals surface area contributed by atoms with Gasteiger partial charge in [0.1, 0.15) is 0 Å². The van der Waals surface area contributed by atoms with Gasteiger partial charge in [0.05, 0.1) is 6.04 Å². The fourth-order valence-corrected chi connectivity index (χ4v) is 5.30. The summed E-state index contributed by atoms with van der Waals surface area (Å²) in [5.41, 5.74) is 1.27. The van der Waals surface area contributed by atoms with Crippen molar-refractivity contribution < 1.29 is 0 Å². The van der Waals surface area contributed by atoms with E-state index in [9.17, 15) is 0 Å². The zero-order chi connectivity index (χ0) is 14.1. The molecule has 0 amide bonds. The second-order valence-corrected chi connectivity index (χ2v) is 8.29. The van der Waals surface area contributed by atoms with Crippen LogP contribution in [-0.2, 0) is 0 Å². The zero-order valence-corrected chi connectivity index (χ0v) is 15.6. The van der Waals surface area contributed by atoms with Crippen LogP contribution in [0.5, 0.6) is 0 Å². The van der Waals surface area contributed by atoms with Gasteiger partial charge in [-0.25, -0.2) is 0 Å². The molecule has 0 aliphatic heterocycles. The molecule has 0 bridgehead atoms. The summed E-state index contributed by atoms with van der Waals surface area (Å²) in [5, 5.41) is 5.75. The van der Waals surface area contributed by atoms with Gasteiger partial charge in [0.15, 0.2) is 0 Å². The Hall–Kier alpha value is -0.200. The summed E-state index contributed by atoms with van der Waals surface area (Å²) in [6, 6.07) is 11.1. The number of rotatable bonds is 4. The first kappa shape index (κ1) is 14.7. The summed E-state index contributed by atoms with van der Waals surface area (Å²) >= 11 is 10.9. The van der Waals surface area contributed by atoms with Crippen molar-refractivity contribution in [1.82, 2.24) is 5.32 Å². The topological polar surface area (TPSA) is 12.0 Å². The van der Waals surface area contributed by atoms with Crippen LogP contribution in [0.2, 0.25) is 0 Å². The summed E-state index contributed by atoms with van der Waals surface area (Å²) in [7, 11) is 0. The molecule has 3 aromatic rings. The Morgan fingerprint density at radius 2 is 2.00 bits per heavy atom. The molecule has 0 aliphatic rings. The summed E-state index contributed by atoms with van der Waals surface area (Å²) in [5.74, 6) is 0. The molecule has 0 saturated carbocycles. The fraction of sp³-hybridized carbons (Fsp3) is 0.200. The molecule has 0 radical (unpaired) electrons. The molecule has 104 valence electrons. The Labute approximate surface area is 143 Å². The number of hydrogen-bond donors (Lipinski definition) is 1. The van der Waals surface area contributed by atoms with Crippen molar-refractivity contribution in [3.63, 3.8) is 0 Å². The summed E-state index contributed by atoms with van der Waals surface area (Å²) in [6.07, 6.45) is 0. The highest BCUT2D eigenvalue weighted by molar-refractivity contribution is 9.11. The molecule has 2 heterocycles. The molecule has 1 nitrogen and oxygen atoms in total. The predicted molar refractivity (Wildman–Crippen MR) is 97.1 cm³/mol. The third kappa shape index (κ3) is 2.88. The van der Waals surface area contributed by atoms with E-state index in [-0.39, 0.29) is 6.04 Å². The second-order valence-electron chi connectivity index (χ2n) is 4.45. The van der Waals surface area contributed by atoms with E-state index in [1.165, 1.54) is 19.8 Å². The van der Waals surface area contributed by atoms with Gasteiger partial charge in [0.25, 0.3) is 0 Å². The van der Waals surface area contributed by atoms with E-state index in [0.717, 1.165) is 15.5 Å². The lowest BCUT2D eigenvalue weighted by Gasteiger charge is -2.18. The smallest absolute Gasteiger partial charge is 0.0683 e. The monoisotopic (exact) mass is 429 g/mol. The lowest BCUT2D eigenvalue weighted by atomic mass is 10.1. The van der Waals surface area contributed by atoms with Crippen molar-refractivity contribution in [3.8, 4) is 0 Å². The molecule has 1 aromatic carbocycles. The van der Waals surface area contributed by atoms with Crippen molar-refractivity contribution in [2.45, 2.75) is 13.0 Å². The first-order chi connectivity index (χ1) is 9.69. The van der Waals surface area contributed by atoms with Crippen molar-refractivity contribution in [2.75, 3.05) is 6.54 Å². The van der Waals surface area contributed by atoms with Crippen molar-refractivity contribution in [2.24, 2.45) is 0 Å².